The Labute approximate surface area is 225 Å². The van der Waals surface area contributed by atoms with E-state index in [1.54, 1.807) is 13.0 Å². The number of rotatable bonds is 12. The minimum atomic E-state index is -0.804. The number of carbonyl (C=O) groups excluding carboxylic acids is 3. The van der Waals surface area contributed by atoms with Crippen LogP contribution in [-0.2, 0) is 23.9 Å². The molecule has 0 radical (unpaired) electrons. The molecule has 0 aromatic carbocycles. The van der Waals surface area contributed by atoms with Crippen molar-refractivity contribution in [3.05, 3.63) is 47.0 Å². The molecule has 0 aliphatic carbocycles. The number of aliphatic hydroxyl groups is 1. The van der Waals surface area contributed by atoms with Gasteiger partial charge in [-0.1, -0.05) is 37.4 Å². The van der Waals surface area contributed by atoms with Crippen LogP contribution in [0, 0.1) is 11.8 Å². The Morgan fingerprint density at radius 3 is 2.86 bits per heavy atom. The normalized spacial score (nSPS) is 27.5. The van der Waals surface area contributed by atoms with E-state index in [2.05, 4.69) is 18.5 Å². The average molecular weight is 548 g/mol. The van der Waals surface area contributed by atoms with Crippen LogP contribution < -0.4 is 5.32 Å². The van der Waals surface area contributed by atoms with Gasteiger partial charge in [-0.3, -0.25) is 9.59 Å². The highest BCUT2D eigenvalue weighted by Crippen LogP contribution is 2.52. The van der Waals surface area contributed by atoms with Crippen LogP contribution in [0.15, 0.2) is 45.6 Å². The average Bonchev–Trinajstić information content (AvgIpc) is 3.58. The molecule has 6 atom stereocenters. The quantitative estimate of drug-likeness (QED) is 0.231. The van der Waals surface area contributed by atoms with Crippen LogP contribution in [0.1, 0.15) is 44.7 Å². The maximum atomic E-state index is 12.9. The summed E-state index contributed by atoms with van der Waals surface area (Å²) >= 11 is 2.87. The number of nitrogens with zero attached hydrogens (tertiary/aromatic N) is 2. The van der Waals surface area contributed by atoms with E-state index in [1.165, 1.54) is 34.1 Å². The summed E-state index contributed by atoms with van der Waals surface area (Å²) in [6, 6.07) is -0.208. The monoisotopic (exact) mass is 547 g/mol. The van der Waals surface area contributed by atoms with Crippen molar-refractivity contribution in [2.45, 2.75) is 61.6 Å². The fourth-order valence-electron chi connectivity index (χ4n) is 5.10. The Balaban J connectivity index is 1.44. The first kappa shape index (κ1) is 27.6. The summed E-state index contributed by atoms with van der Waals surface area (Å²) in [5.41, 5.74) is 1.19. The van der Waals surface area contributed by atoms with Gasteiger partial charge in [-0.05, 0) is 19.8 Å². The van der Waals surface area contributed by atoms with Crippen LogP contribution in [-0.4, -0.2) is 70.8 Å². The second kappa shape index (κ2) is 11.9. The SMILES string of the molecule is C=CCCC(=O)OC[C@@H]1C[C@H](c2csc(SC3=C(C(=O)OCC=C)N4C(=O)[C@H]([C@@H](C)O)[C@H]4[C@H]3C)n2)CN1. The smallest absolute Gasteiger partial charge is 0.356 e. The molecule has 2 saturated heterocycles. The number of allylic oxidation sites excluding steroid dienone is 1. The van der Waals surface area contributed by atoms with Crippen molar-refractivity contribution < 1.29 is 29.0 Å². The number of esters is 2. The summed E-state index contributed by atoms with van der Waals surface area (Å²) < 4.78 is 11.4. The Morgan fingerprint density at radius 1 is 1.38 bits per heavy atom. The molecule has 0 spiro atoms. The zero-order valence-corrected chi connectivity index (χ0v) is 22.7. The minimum Gasteiger partial charge on any atom is -0.464 e. The highest BCUT2D eigenvalue weighted by molar-refractivity contribution is 8.04. The van der Waals surface area contributed by atoms with Gasteiger partial charge in [0.2, 0.25) is 5.91 Å². The van der Waals surface area contributed by atoms with Gasteiger partial charge in [0, 0.05) is 41.1 Å². The van der Waals surface area contributed by atoms with Crippen molar-refractivity contribution in [1.29, 1.82) is 0 Å². The van der Waals surface area contributed by atoms with E-state index in [-0.39, 0.29) is 48.1 Å². The topological polar surface area (TPSA) is 118 Å². The Kier molecular flexibility index (Phi) is 8.89. The molecule has 3 aliphatic rings. The first-order chi connectivity index (χ1) is 17.8. The van der Waals surface area contributed by atoms with Gasteiger partial charge in [0.1, 0.15) is 18.9 Å². The molecular weight excluding hydrogens is 514 g/mol. The number of aromatic nitrogens is 1. The van der Waals surface area contributed by atoms with Crippen LogP contribution in [0.5, 0.6) is 0 Å². The number of aliphatic hydroxyl groups excluding tert-OH is 1. The van der Waals surface area contributed by atoms with Crippen molar-refractivity contribution in [3.8, 4) is 0 Å². The highest BCUT2D eigenvalue weighted by Gasteiger charge is 2.60. The predicted octanol–water partition coefficient (Wildman–Crippen LogP) is 2.99. The van der Waals surface area contributed by atoms with Gasteiger partial charge in [0.15, 0.2) is 4.34 Å². The molecule has 11 heteroatoms. The van der Waals surface area contributed by atoms with Gasteiger partial charge in [-0.15, -0.1) is 17.9 Å². The molecule has 4 heterocycles. The molecule has 1 amide bonds. The number of β-lactam (4-membered cyclic amide) rings is 1. The van der Waals surface area contributed by atoms with E-state index >= 15 is 0 Å². The maximum absolute atomic E-state index is 12.9. The van der Waals surface area contributed by atoms with Crippen molar-refractivity contribution in [2.24, 2.45) is 11.8 Å². The number of carbonyl (C=O) groups is 3. The van der Waals surface area contributed by atoms with Gasteiger partial charge in [-0.2, -0.15) is 0 Å². The number of thiazole rings is 1. The first-order valence-electron chi connectivity index (χ1n) is 12.4. The molecule has 0 bridgehead atoms. The van der Waals surface area contributed by atoms with E-state index in [0.717, 1.165) is 27.9 Å². The molecule has 2 fully saturated rings. The lowest BCUT2D eigenvalue weighted by atomic mass is 9.79. The fraction of sp³-hybridized carbons (Fsp3) is 0.538. The van der Waals surface area contributed by atoms with Crippen LogP contribution in [0.25, 0.3) is 0 Å². The number of nitrogens with one attached hydrogen (secondary N) is 1. The Bertz CT molecular complexity index is 1100. The molecule has 1 aromatic rings. The molecule has 0 unspecified atom stereocenters. The summed E-state index contributed by atoms with van der Waals surface area (Å²) in [5, 5.41) is 15.6. The molecule has 200 valence electrons. The summed E-state index contributed by atoms with van der Waals surface area (Å²) in [6.45, 7) is 11.9. The molecule has 3 aliphatic heterocycles. The van der Waals surface area contributed by atoms with Crippen molar-refractivity contribution >= 4 is 40.9 Å². The summed E-state index contributed by atoms with van der Waals surface area (Å²) in [5.74, 6) is -1.56. The lowest BCUT2D eigenvalue weighted by Gasteiger charge is -2.46. The fourth-order valence-corrected chi connectivity index (χ4v) is 7.28. The second-order valence-electron chi connectivity index (χ2n) is 9.54. The number of ether oxygens (including phenoxy) is 2. The summed E-state index contributed by atoms with van der Waals surface area (Å²) in [6.07, 6.45) is 4.13. The third-order valence-electron chi connectivity index (χ3n) is 6.97. The van der Waals surface area contributed by atoms with E-state index in [9.17, 15) is 19.5 Å². The Hall–Kier alpha value is -2.47. The minimum absolute atomic E-state index is 0.0437. The zero-order chi connectivity index (χ0) is 26.7. The molecule has 37 heavy (non-hydrogen) atoms. The van der Waals surface area contributed by atoms with Crippen LogP contribution in [0.3, 0.4) is 0 Å². The number of fused-ring (bicyclic) bond motifs is 1. The number of hydrogen-bond acceptors (Lipinski definition) is 10. The second-order valence-corrected chi connectivity index (χ2v) is 11.7. The molecule has 1 aromatic heterocycles. The predicted molar refractivity (Wildman–Crippen MR) is 141 cm³/mol. The molecule has 0 saturated carbocycles. The van der Waals surface area contributed by atoms with Crippen LogP contribution in [0.2, 0.25) is 0 Å². The largest absolute Gasteiger partial charge is 0.464 e. The van der Waals surface area contributed by atoms with Gasteiger partial charge < -0.3 is 24.8 Å². The van der Waals surface area contributed by atoms with E-state index in [1.807, 2.05) is 12.3 Å². The van der Waals surface area contributed by atoms with Crippen LogP contribution in [0.4, 0.5) is 0 Å². The zero-order valence-electron chi connectivity index (χ0n) is 21.1. The molecular formula is C26H33N3O6S2. The number of hydrogen-bond donors (Lipinski definition) is 2. The highest BCUT2D eigenvalue weighted by atomic mass is 32.2. The van der Waals surface area contributed by atoms with Crippen molar-refractivity contribution in [1.82, 2.24) is 15.2 Å². The maximum Gasteiger partial charge on any atom is 0.356 e. The first-order valence-corrected chi connectivity index (χ1v) is 14.1. The van der Waals surface area contributed by atoms with Gasteiger partial charge in [-0.25, -0.2) is 9.78 Å². The van der Waals surface area contributed by atoms with Crippen molar-refractivity contribution in [3.63, 3.8) is 0 Å². The van der Waals surface area contributed by atoms with E-state index in [0.29, 0.717) is 19.4 Å². The third-order valence-corrected chi connectivity index (χ3v) is 9.21. The van der Waals surface area contributed by atoms with Gasteiger partial charge in [0.25, 0.3) is 0 Å². The lowest BCUT2D eigenvalue weighted by molar-refractivity contribution is -0.164. The number of amides is 1. The number of thioether (sulfide) groups is 1. The van der Waals surface area contributed by atoms with E-state index in [4.69, 9.17) is 14.5 Å². The lowest BCUT2D eigenvalue weighted by Crippen LogP contribution is -2.63. The van der Waals surface area contributed by atoms with Gasteiger partial charge >= 0.3 is 11.9 Å². The molecule has 2 N–H and O–H groups in total. The Morgan fingerprint density at radius 2 is 2.16 bits per heavy atom. The van der Waals surface area contributed by atoms with Gasteiger partial charge in [0.05, 0.1) is 23.8 Å². The summed E-state index contributed by atoms with van der Waals surface area (Å²) in [4.78, 5) is 44.5. The third kappa shape index (κ3) is 5.69. The van der Waals surface area contributed by atoms with E-state index < -0.39 is 18.0 Å². The molecule has 9 nitrogen and oxygen atoms in total. The summed E-state index contributed by atoms with van der Waals surface area (Å²) in [7, 11) is 0. The standard InChI is InChI=1S/C26H33N3O6S2/c1-5-7-8-19(31)35-12-17-10-16(11-27-17)18-13-36-26(28-18)37-23-14(3)21-20(15(4)30)24(32)29(21)22(23)25(33)34-9-6-2/h5-6,13-17,20-21,27,30H,1-2,7-12H2,3-4H3/t14-,15-,16+,17+,20-,21-/m1/s1. The van der Waals surface area contributed by atoms with Crippen LogP contribution >= 0.6 is 23.1 Å². The van der Waals surface area contributed by atoms with Crippen molar-refractivity contribution in [2.75, 3.05) is 19.8 Å². The molecule has 4 rings (SSSR count).